The summed E-state index contributed by atoms with van der Waals surface area (Å²) in [5.74, 6) is 0.605. The Morgan fingerprint density at radius 2 is 0.750 bits per heavy atom. The summed E-state index contributed by atoms with van der Waals surface area (Å²) in [7, 11) is 0. The van der Waals surface area contributed by atoms with Crippen LogP contribution in [0.15, 0.2) is 24.3 Å². The number of unbranched alkanes of at least 4 members (excludes halogenated alkanes) is 14. The first-order valence-corrected chi connectivity index (χ1v) is 22.9. The molecule has 0 radical (unpaired) electrons. The third-order valence-corrected chi connectivity index (χ3v) is 11.8. The smallest absolute Gasteiger partial charge is 0.129 e. The molecule has 2 N–H and O–H groups in total. The predicted octanol–water partition coefficient (Wildman–Crippen LogP) is 13.4. The standard InChI is InChI=1S/C21H38Br2O2.C19H34Br2O2/c1-3-4-5-12-15-21(25)20(23)17-16-19(22)14-11-9-7-6-8-10-13-18(2)24;1-3-4-5-10-13-19(23)18(21)15-14-17(20)12-9-7-6-8-11-16(2)22/h16-17,19-21,25H,3-15H2,1-2H3;14-15,17-19,23H,3-13H2,1-2H3. The lowest BCUT2D eigenvalue weighted by Crippen LogP contribution is -2.18. The SMILES string of the molecule is CCCCCCC(O)C(Br)C=CC(Br)CCCCCCC(C)=O.CCCCCCC(O)C(Br)C=CC(Br)CCCCCCCCC(C)=O. The van der Waals surface area contributed by atoms with Gasteiger partial charge in [0.1, 0.15) is 11.6 Å². The van der Waals surface area contributed by atoms with E-state index in [2.05, 4.69) is 102 Å². The Balaban J connectivity index is 0. The molecule has 6 unspecified atom stereocenters. The van der Waals surface area contributed by atoms with Crippen LogP contribution >= 0.6 is 63.7 Å². The second kappa shape index (κ2) is 37.4. The first kappa shape index (κ1) is 50.8. The Bertz CT molecular complexity index is 791. The molecular formula is C40H72Br4O4. The monoisotopic (exact) mass is 932 g/mol. The van der Waals surface area contributed by atoms with Crippen LogP contribution in [0, 0.1) is 0 Å². The number of carbonyl (C=O) groups excluding carboxylic acids is 2. The van der Waals surface area contributed by atoms with Gasteiger partial charge in [0.05, 0.1) is 21.9 Å². The maximum atomic E-state index is 10.9. The van der Waals surface area contributed by atoms with Gasteiger partial charge in [-0.15, -0.1) is 0 Å². The van der Waals surface area contributed by atoms with Crippen molar-refractivity contribution in [2.75, 3.05) is 0 Å². The molecule has 0 heterocycles. The van der Waals surface area contributed by atoms with Crippen LogP contribution < -0.4 is 0 Å². The molecule has 0 aliphatic heterocycles. The summed E-state index contributed by atoms with van der Waals surface area (Å²) in [5, 5.41) is 20.3. The van der Waals surface area contributed by atoms with E-state index in [1.807, 2.05) is 0 Å². The average molecular weight is 937 g/mol. The van der Waals surface area contributed by atoms with Gasteiger partial charge in [-0.1, -0.05) is 205 Å². The fraction of sp³-hybridized carbons (Fsp3) is 0.850. The van der Waals surface area contributed by atoms with E-state index >= 15 is 0 Å². The highest BCUT2D eigenvalue weighted by Gasteiger charge is 2.14. The van der Waals surface area contributed by atoms with E-state index in [-0.39, 0.29) is 21.9 Å². The number of halogens is 4. The zero-order chi connectivity index (χ0) is 36.4. The van der Waals surface area contributed by atoms with E-state index in [9.17, 15) is 19.8 Å². The number of ketones is 2. The van der Waals surface area contributed by atoms with Gasteiger partial charge in [-0.05, 0) is 52.4 Å². The highest BCUT2D eigenvalue weighted by atomic mass is 79.9. The van der Waals surface area contributed by atoms with E-state index in [1.165, 1.54) is 83.5 Å². The van der Waals surface area contributed by atoms with Gasteiger partial charge in [0.15, 0.2) is 0 Å². The van der Waals surface area contributed by atoms with Gasteiger partial charge in [0, 0.05) is 22.5 Å². The number of carbonyl (C=O) groups is 2. The summed E-state index contributed by atoms with van der Waals surface area (Å²) in [6.45, 7) is 7.74. The Morgan fingerprint density at radius 3 is 1.08 bits per heavy atom. The molecule has 0 aliphatic rings. The van der Waals surface area contributed by atoms with Gasteiger partial charge in [-0.2, -0.15) is 0 Å². The zero-order valence-corrected chi connectivity index (χ0v) is 37.3. The molecule has 0 aromatic carbocycles. The molecule has 0 aromatic rings. The fourth-order valence-corrected chi connectivity index (χ4v) is 7.15. The first-order chi connectivity index (χ1) is 22.9. The number of allylic oxidation sites excluding steroid dienone is 2. The van der Waals surface area contributed by atoms with Gasteiger partial charge in [-0.3, -0.25) is 0 Å². The van der Waals surface area contributed by atoms with Gasteiger partial charge >= 0.3 is 0 Å². The minimum Gasteiger partial charge on any atom is -0.392 e. The van der Waals surface area contributed by atoms with Crippen molar-refractivity contribution in [2.24, 2.45) is 0 Å². The molecule has 284 valence electrons. The van der Waals surface area contributed by atoms with Gasteiger partial charge in [0.2, 0.25) is 0 Å². The summed E-state index contributed by atoms with van der Waals surface area (Å²) in [6, 6.07) is 0. The maximum absolute atomic E-state index is 10.9. The van der Waals surface area contributed by atoms with Crippen LogP contribution in [0.4, 0.5) is 0 Å². The molecule has 48 heavy (non-hydrogen) atoms. The normalized spacial score (nSPS) is 15.5. The Hall–Kier alpha value is 0.660. The lowest BCUT2D eigenvalue weighted by atomic mass is 10.0. The Kier molecular flexibility index (Phi) is 39.6. The molecule has 0 saturated heterocycles. The lowest BCUT2D eigenvalue weighted by Gasteiger charge is -2.14. The molecule has 0 spiro atoms. The largest absolute Gasteiger partial charge is 0.392 e. The van der Waals surface area contributed by atoms with Crippen molar-refractivity contribution in [3.63, 3.8) is 0 Å². The van der Waals surface area contributed by atoms with E-state index in [1.54, 1.807) is 13.8 Å². The fourth-order valence-electron chi connectivity index (χ4n) is 5.27. The summed E-state index contributed by atoms with van der Waals surface area (Å²) in [6.07, 6.45) is 34.7. The molecule has 0 aliphatic carbocycles. The van der Waals surface area contributed by atoms with Gasteiger partial charge in [0.25, 0.3) is 0 Å². The Labute approximate surface area is 330 Å². The molecule has 0 fully saturated rings. The molecule has 6 atom stereocenters. The number of rotatable bonds is 32. The van der Waals surface area contributed by atoms with E-state index in [0.29, 0.717) is 21.2 Å². The summed E-state index contributed by atoms with van der Waals surface area (Å²) < 4.78 is 0. The van der Waals surface area contributed by atoms with Crippen molar-refractivity contribution in [3.05, 3.63) is 24.3 Å². The molecule has 0 amide bonds. The van der Waals surface area contributed by atoms with Crippen molar-refractivity contribution < 1.29 is 19.8 Å². The van der Waals surface area contributed by atoms with Crippen molar-refractivity contribution in [3.8, 4) is 0 Å². The zero-order valence-electron chi connectivity index (χ0n) is 31.0. The highest BCUT2D eigenvalue weighted by Crippen LogP contribution is 2.20. The van der Waals surface area contributed by atoms with Crippen LogP contribution in [-0.2, 0) is 9.59 Å². The van der Waals surface area contributed by atoms with Gasteiger partial charge < -0.3 is 19.8 Å². The quantitative estimate of drug-likeness (QED) is 0.0400. The topological polar surface area (TPSA) is 74.6 Å². The lowest BCUT2D eigenvalue weighted by molar-refractivity contribution is -0.117. The van der Waals surface area contributed by atoms with E-state index in [0.717, 1.165) is 70.6 Å². The predicted molar refractivity (Wildman–Crippen MR) is 225 cm³/mol. The second-order valence-electron chi connectivity index (χ2n) is 13.5. The minimum absolute atomic E-state index is 0.0414. The van der Waals surface area contributed by atoms with Crippen molar-refractivity contribution in [1.82, 2.24) is 0 Å². The van der Waals surface area contributed by atoms with Crippen LogP contribution in [0.25, 0.3) is 0 Å². The summed E-state index contributed by atoms with van der Waals surface area (Å²) in [5.41, 5.74) is 0. The third kappa shape index (κ3) is 37.9. The average Bonchev–Trinajstić information content (AvgIpc) is 3.05. The molecule has 0 bridgehead atoms. The van der Waals surface area contributed by atoms with Crippen LogP contribution in [0.1, 0.15) is 182 Å². The highest BCUT2D eigenvalue weighted by molar-refractivity contribution is 9.10. The van der Waals surface area contributed by atoms with Crippen LogP contribution in [0.3, 0.4) is 0 Å². The van der Waals surface area contributed by atoms with Gasteiger partial charge in [-0.25, -0.2) is 0 Å². The van der Waals surface area contributed by atoms with Crippen molar-refractivity contribution >= 4 is 75.3 Å². The summed E-state index contributed by atoms with van der Waals surface area (Å²) in [4.78, 5) is 22.5. The summed E-state index contributed by atoms with van der Waals surface area (Å²) >= 11 is 14.5. The molecule has 0 saturated carbocycles. The minimum atomic E-state index is -0.297. The maximum Gasteiger partial charge on any atom is 0.129 e. The molecule has 0 aromatic heterocycles. The number of alkyl halides is 4. The second-order valence-corrected chi connectivity index (χ2v) is 18.0. The van der Waals surface area contributed by atoms with Crippen LogP contribution in [0.2, 0.25) is 0 Å². The Morgan fingerprint density at radius 1 is 0.458 bits per heavy atom. The van der Waals surface area contributed by atoms with Crippen molar-refractivity contribution in [2.45, 2.75) is 213 Å². The third-order valence-electron chi connectivity index (χ3n) is 8.47. The number of hydrogen-bond acceptors (Lipinski definition) is 4. The number of aliphatic hydroxyl groups is 2. The first-order valence-electron chi connectivity index (χ1n) is 19.2. The number of hydrogen-bond donors (Lipinski definition) is 2. The molecule has 4 nitrogen and oxygen atoms in total. The van der Waals surface area contributed by atoms with Crippen molar-refractivity contribution in [1.29, 1.82) is 0 Å². The van der Waals surface area contributed by atoms with Crippen LogP contribution in [0.5, 0.6) is 0 Å². The van der Waals surface area contributed by atoms with Crippen LogP contribution in [-0.4, -0.2) is 53.3 Å². The number of Topliss-reactive ketones (excluding diaryl/α,β-unsaturated/α-hetero) is 2. The van der Waals surface area contributed by atoms with E-state index in [4.69, 9.17) is 0 Å². The molecular weight excluding hydrogens is 864 g/mol. The molecule has 8 heteroatoms. The molecule has 0 rings (SSSR count). The van der Waals surface area contributed by atoms with E-state index < -0.39 is 0 Å². The number of aliphatic hydroxyl groups excluding tert-OH is 2.